The van der Waals surface area contributed by atoms with E-state index in [1.165, 1.54) is 11.3 Å². The molecule has 2 aliphatic rings. The van der Waals surface area contributed by atoms with Crippen LogP contribution in [-0.2, 0) is 11.2 Å². The maximum atomic E-state index is 6.50. The average Bonchev–Trinajstić information content (AvgIpc) is 2.69. The molecule has 0 saturated carbocycles. The van der Waals surface area contributed by atoms with Gasteiger partial charge in [-0.25, -0.2) is 0 Å². The first kappa shape index (κ1) is 17.5. The Morgan fingerprint density at radius 2 is 1.92 bits per heavy atom. The Morgan fingerprint density at radius 3 is 2.65 bits per heavy atom. The van der Waals surface area contributed by atoms with Crippen LogP contribution in [0.4, 0.5) is 5.69 Å². The van der Waals surface area contributed by atoms with E-state index in [9.17, 15) is 0 Å². The highest BCUT2D eigenvalue weighted by Gasteiger charge is 2.41. The van der Waals surface area contributed by atoms with Crippen LogP contribution in [-0.4, -0.2) is 54.3 Å². The second kappa shape index (κ2) is 7.77. The predicted octanol–water partition coefficient (Wildman–Crippen LogP) is 3.38. The van der Waals surface area contributed by atoms with Crippen LogP contribution in [0.2, 0.25) is 0 Å². The zero-order valence-corrected chi connectivity index (χ0v) is 15.7. The fraction of sp³-hybridized carbons (Fsp3) is 0.500. The minimum absolute atomic E-state index is 0.0122. The van der Waals surface area contributed by atoms with Crippen LogP contribution in [0, 0.1) is 0 Å². The van der Waals surface area contributed by atoms with Gasteiger partial charge >= 0.3 is 0 Å². The number of morpholine rings is 1. The van der Waals surface area contributed by atoms with Crippen molar-refractivity contribution in [1.29, 1.82) is 0 Å². The molecule has 1 aromatic carbocycles. The molecule has 2 aromatic rings. The Bertz CT molecular complexity index is 683. The number of ether oxygens (including phenoxy) is 1. The molecule has 2 saturated heterocycles. The summed E-state index contributed by atoms with van der Waals surface area (Å²) in [6, 6.07) is 15.0. The highest BCUT2D eigenvalue weighted by Crippen LogP contribution is 2.34. The van der Waals surface area contributed by atoms with E-state index in [2.05, 4.69) is 58.1 Å². The summed E-state index contributed by atoms with van der Waals surface area (Å²) >= 11 is 0. The van der Waals surface area contributed by atoms with E-state index in [0.717, 1.165) is 52.0 Å². The molecule has 0 radical (unpaired) electrons. The molecule has 1 spiro atoms. The number of anilines is 1. The Kier molecular flexibility index (Phi) is 5.23. The molecular weight excluding hydrogens is 322 g/mol. The van der Waals surface area contributed by atoms with Gasteiger partial charge in [-0.2, -0.15) is 0 Å². The SMILES string of the molecule is CC1CN(c2ccccc2)CC2(CCN(CCc3cccnc3)CC2)O1. The number of nitrogens with zero attached hydrogens (tertiary/aromatic N) is 3. The van der Waals surface area contributed by atoms with E-state index in [4.69, 9.17) is 4.74 Å². The molecule has 2 fully saturated rings. The summed E-state index contributed by atoms with van der Waals surface area (Å²) in [5, 5.41) is 0. The Hall–Kier alpha value is -1.91. The summed E-state index contributed by atoms with van der Waals surface area (Å²) in [6.45, 7) is 7.56. The van der Waals surface area contributed by atoms with E-state index in [0.29, 0.717) is 0 Å². The maximum Gasteiger partial charge on any atom is 0.0885 e. The lowest BCUT2D eigenvalue weighted by Gasteiger charge is -2.50. The first-order chi connectivity index (χ1) is 12.7. The van der Waals surface area contributed by atoms with Gasteiger partial charge in [0.15, 0.2) is 0 Å². The molecular formula is C22H29N3O. The normalized spacial score (nSPS) is 23.3. The quantitative estimate of drug-likeness (QED) is 0.844. The van der Waals surface area contributed by atoms with Crippen molar-refractivity contribution in [2.75, 3.05) is 37.6 Å². The van der Waals surface area contributed by atoms with Crippen LogP contribution < -0.4 is 4.90 Å². The van der Waals surface area contributed by atoms with E-state index in [-0.39, 0.29) is 11.7 Å². The van der Waals surface area contributed by atoms with Gasteiger partial charge in [0.05, 0.1) is 11.7 Å². The van der Waals surface area contributed by atoms with Crippen LogP contribution in [0.25, 0.3) is 0 Å². The van der Waals surface area contributed by atoms with Gasteiger partial charge < -0.3 is 14.5 Å². The summed E-state index contributed by atoms with van der Waals surface area (Å²) in [5.41, 5.74) is 2.66. The molecule has 0 aliphatic carbocycles. The molecule has 4 rings (SSSR count). The van der Waals surface area contributed by atoms with Gasteiger partial charge in [0.25, 0.3) is 0 Å². The molecule has 26 heavy (non-hydrogen) atoms. The minimum Gasteiger partial charge on any atom is -0.368 e. The summed E-state index contributed by atoms with van der Waals surface area (Å²) < 4.78 is 6.50. The fourth-order valence-corrected chi connectivity index (χ4v) is 4.35. The second-order valence-corrected chi connectivity index (χ2v) is 7.78. The number of piperidine rings is 1. The summed E-state index contributed by atoms with van der Waals surface area (Å²) in [6.07, 6.45) is 7.42. The van der Waals surface area contributed by atoms with Crippen molar-refractivity contribution in [3.8, 4) is 0 Å². The topological polar surface area (TPSA) is 28.6 Å². The zero-order valence-electron chi connectivity index (χ0n) is 15.7. The van der Waals surface area contributed by atoms with Gasteiger partial charge in [-0.05, 0) is 49.9 Å². The lowest BCUT2D eigenvalue weighted by atomic mass is 9.88. The second-order valence-electron chi connectivity index (χ2n) is 7.78. The minimum atomic E-state index is 0.0122. The molecule has 0 amide bonds. The van der Waals surface area contributed by atoms with E-state index in [1.807, 2.05) is 18.5 Å². The maximum absolute atomic E-state index is 6.50. The Labute approximate surface area is 156 Å². The van der Waals surface area contributed by atoms with Gasteiger partial charge in [0.1, 0.15) is 0 Å². The first-order valence-corrected chi connectivity index (χ1v) is 9.82. The summed E-state index contributed by atoms with van der Waals surface area (Å²) in [4.78, 5) is 9.31. The first-order valence-electron chi connectivity index (χ1n) is 9.82. The van der Waals surface area contributed by atoms with Crippen molar-refractivity contribution in [2.24, 2.45) is 0 Å². The third kappa shape index (κ3) is 4.08. The van der Waals surface area contributed by atoms with Crippen LogP contribution >= 0.6 is 0 Å². The van der Waals surface area contributed by atoms with Crippen molar-refractivity contribution in [1.82, 2.24) is 9.88 Å². The molecule has 1 atom stereocenters. The number of likely N-dealkylation sites (tertiary alicyclic amines) is 1. The molecule has 4 heteroatoms. The monoisotopic (exact) mass is 351 g/mol. The Balaban J connectivity index is 1.35. The third-order valence-electron chi connectivity index (χ3n) is 5.74. The zero-order chi connectivity index (χ0) is 17.8. The van der Waals surface area contributed by atoms with E-state index < -0.39 is 0 Å². The van der Waals surface area contributed by atoms with Crippen molar-refractivity contribution in [2.45, 2.75) is 37.9 Å². The molecule has 2 aliphatic heterocycles. The van der Waals surface area contributed by atoms with Crippen LogP contribution in [0.3, 0.4) is 0 Å². The van der Waals surface area contributed by atoms with Crippen molar-refractivity contribution in [3.63, 3.8) is 0 Å². The molecule has 1 unspecified atom stereocenters. The summed E-state index contributed by atoms with van der Waals surface area (Å²) in [7, 11) is 0. The number of benzene rings is 1. The fourth-order valence-electron chi connectivity index (χ4n) is 4.35. The largest absolute Gasteiger partial charge is 0.368 e. The lowest BCUT2D eigenvalue weighted by Crippen LogP contribution is -2.59. The number of pyridine rings is 1. The van der Waals surface area contributed by atoms with Gasteiger partial charge in [-0.15, -0.1) is 0 Å². The van der Waals surface area contributed by atoms with E-state index in [1.54, 1.807) is 0 Å². The molecule has 0 bridgehead atoms. The number of hydrogen-bond donors (Lipinski definition) is 0. The lowest BCUT2D eigenvalue weighted by molar-refractivity contribution is -0.126. The molecule has 1 aromatic heterocycles. The molecule has 0 N–H and O–H groups in total. The van der Waals surface area contributed by atoms with E-state index >= 15 is 0 Å². The van der Waals surface area contributed by atoms with Crippen molar-refractivity contribution >= 4 is 5.69 Å². The Morgan fingerprint density at radius 1 is 1.12 bits per heavy atom. The number of aromatic nitrogens is 1. The van der Waals surface area contributed by atoms with Gasteiger partial charge in [-0.3, -0.25) is 4.98 Å². The molecule has 3 heterocycles. The standard InChI is InChI=1S/C22H29N3O/c1-19-17-25(21-7-3-2-4-8-21)18-22(26-19)10-14-24(15-11-22)13-9-20-6-5-12-23-16-20/h2-8,12,16,19H,9-11,13-15,17-18H2,1H3. The summed E-state index contributed by atoms with van der Waals surface area (Å²) in [5.74, 6) is 0. The van der Waals surface area contributed by atoms with Crippen LogP contribution in [0.5, 0.6) is 0 Å². The smallest absolute Gasteiger partial charge is 0.0885 e. The van der Waals surface area contributed by atoms with Gasteiger partial charge in [0, 0.05) is 50.8 Å². The average molecular weight is 351 g/mol. The van der Waals surface area contributed by atoms with Crippen molar-refractivity contribution in [3.05, 3.63) is 60.4 Å². The van der Waals surface area contributed by atoms with Crippen LogP contribution in [0.1, 0.15) is 25.3 Å². The number of rotatable bonds is 4. The van der Waals surface area contributed by atoms with Crippen LogP contribution in [0.15, 0.2) is 54.9 Å². The third-order valence-corrected chi connectivity index (χ3v) is 5.74. The number of para-hydroxylation sites is 1. The molecule has 4 nitrogen and oxygen atoms in total. The highest BCUT2D eigenvalue weighted by atomic mass is 16.5. The molecule has 138 valence electrons. The van der Waals surface area contributed by atoms with Crippen molar-refractivity contribution < 1.29 is 4.74 Å². The van der Waals surface area contributed by atoms with Gasteiger partial charge in [-0.1, -0.05) is 24.3 Å². The highest BCUT2D eigenvalue weighted by molar-refractivity contribution is 5.47. The van der Waals surface area contributed by atoms with Gasteiger partial charge in [0.2, 0.25) is 0 Å². The predicted molar refractivity (Wildman–Crippen MR) is 106 cm³/mol. The number of hydrogen-bond acceptors (Lipinski definition) is 4.